The van der Waals surface area contributed by atoms with Crippen LogP contribution in [0.1, 0.15) is 37.0 Å². The zero-order valence-corrected chi connectivity index (χ0v) is 11.4. The molecule has 1 fully saturated rings. The fourth-order valence-corrected chi connectivity index (χ4v) is 1.89. The molecule has 0 aromatic heterocycles. The van der Waals surface area contributed by atoms with E-state index < -0.39 is 6.10 Å². The number of carbonyl (C=O) groups is 1. The van der Waals surface area contributed by atoms with Gasteiger partial charge in [0.1, 0.15) is 0 Å². The highest BCUT2D eigenvalue weighted by Crippen LogP contribution is 2.27. The van der Waals surface area contributed by atoms with Crippen molar-refractivity contribution in [2.45, 2.75) is 32.4 Å². The van der Waals surface area contributed by atoms with E-state index in [4.69, 9.17) is 0 Å². The smallest absolute Gasteiger partial charge is 0.234 e. The number of carbonyl (C=O) groups excluding carboxylic acids is 1. The fraction of sp³-hybridized carbons (Fsp3) is 0.533. The van der Waals surface area contributed by atoms with Crippen LogP contribution in [-0.4, -0.2) is 24.1 Å². The SMILES string of the molecule is CC(O)c1ccc(CNC(=O)CNCC2CC2)cc1. The maximum atomic E-state index is 11.6. The van der Waals surface area contributed by atoms with Crippen LogP contribution in [0.2, 0.25) is 0 Å². The minimum Gasteiger partial charge on any atom is -0.389 e. The normalized spacial score (nSPS) is 16.1. The predicted octanol–water partition coefficient (Wildman–Crippen LogP) is 1.36. The third-order valence-corrected chi connectivity index (χ3v) is 3.37. The molecule has 1 unspecified atom stereocenters. The molecule has 0 bridgehead atoms. The van der Waals surface area contributed by atoms with Gasteiger partial charge in [0.15, 0.2) is 0 Å². The summed E-state index contributed by atoms with van der Waals surface area (Å²) in [7, 11) is 0. The third kappa shape index (κ3) is 5.01. The minimum absolute atomic E-state index is 0.0280. The first-order valence-corrected chi connectivity index (χ1v) is 6.89. The maximum Gasteiger partial charge on any atom is 0.234 e. The van der Waals surface area contributed by atoms with E-state index in [1.165, 1.54) is 12.8 Å². The zero-order chi connectivity index (χ0) is 13.7. The van der Waals surface area contributed by atoms with Crippen LogP contribution in [0.5, 0.6) is 0 Å². The molecule has 1 aliphatic rings. The molecular formula is C15H22N2O2. The number of nitrogens with one attached hydrogen (secondary N) is 2. The van der Waals surface area contributed by atoms with Gasteiger partial charge in [-0.3, -0.25) is 4.79 Å². The minimum atomic E-state index is -0.449. The summed E-state index contributed by atoms with van der Waals surface area (Å²) in [6, 6.07) is 7.63. The Hall–Kier alpha value is -1.39. The van der Waals surface area contributed by atoms with Gasteiger partial charge in [-0.2, -0.15) is 0 Å². The van der Waals surface area contributed by atoms with Crippen molar-refractivity contribution in [3.05, 3.63) is 35.4 Å². The van der Waals surface area contributed by atoms with Gasteiger partial charge in [0.25, 0.3) is 0 Å². The van der Waals surface area contributed by atoms with Gasteiger partial charge in [-0.05, 0) is 43.4 Å². The topological polar surface area (TPSA) is 61.4 Å². The Balaban J connectivity index is 1.67. The molecular weight excluding hydrogens is 240 g/mol. The lowest BCUT2D eigenvalue weighted by atomic mass is 10.1. The van der Waals surface area contributed by atoms with Gasteiger partial charge in [0.05, 0.1) is 12.6 Å². The monoisotopic (exact) mass is 262 g/mol. The molecule has 3 N–H and O–H groups in total. The standard InChI is InChI=1S/C15H22N2O2/c1-11(18)14-6-4-13(5-7-14)9-17-15(19)10-16-8-12-2-3-12/h4-7,11-12,16,18H,2-3,8-10H2,1H3,(H,17,19). The molecule has 4 heteroatoms. The highest BCUT2D eigenvalue weighted by Gasteiger charge is 2.20. The van der Waals surface area contributed by atoms with Crippen molar-refractivity contribution in [1.82, 2.24) is 10.6 Å². The van der Waals surface area contributed by atoms with Crippen molar-refractivity contribution in [1.29, 1.82) is 0 Å². The Kier molecular flexibility index (Phi) is 4.93. The quantitative estimate of drug-likeness (QED) is 0.695. The average molecular weight is 262 g/mol. The Morgan fingerprint density at radius 2 is 2.05 bits per heavy atom. The second kappa shape index (κ2) is 6.68. The van der Waals surface area contributed by atoms with E-state index in [1.807, 2.05) is 24.3 Å². The number of aliphatic hydroxyl groups excluding tert-OH is 1. The molecule has 0 saturated heterocycles. The van der Waals surface area contributed by atoms with Crippen molar-refractivity contribution >= 4 is 5.91 Å². The molecule has 1 aliphatic carbocycles. The van der Waals surface area contributed by atoms with E-state index in [1.54, 1.807) is 6.92 Å². The number of rotatable bonds is 7. The van der Waals surface area contributed by atoms with Gasteiger partial charge in [-0.1, -0.05) is 24.3 Å². The lowest BCUT2D eigenvalue weighted by Gasteiger charge is -2.08. The van der Waals surface area contributed by atoms with E-state index >= 15 is 0 Å². The molecule has 4 nitrogen and oxygen atoms in total. The molecule has 1 aromatic rings. The molecule has 19 heavy (non-hydrogen) atoms. The van der Waals surface area contributed by atoms with Gasteiger partial charge in [-0.15, -0.1) is 0 Å². The molecule has 1 atom stereocenters. The number of benzene rings is 1. The summed E-state index contributed by atoms with van der Waals surface area (Å²) >= 11 is 0. The molecule has 104 valence electrons. The second-order valence-electron chi connectivity index (χ2n) is 5.27. The largest absolute Gasteiger partial charge is 0.389 e. The van der Waals surface area contributed by atoms with Crippen molar-refractivity contribution in [2.24, 2.45) is 5.92 Å². The molecule has 0 spiro atoms. The number of hydrogen-bond acceptors (Lipinski definition) is 3. The Morgan fingerprint density at radius 1 is 1.37 bits per heavy atom. The summed E-state index contributed by atoms with van der Waals surface area (Å²) in [6.45, 7) is 3.62. The Morgan fingerprint density at radius 3 is 2.63 bits per heavy atom. The summed E-state index contributed by atoms with van der Waals surface area (Å²) in [4.78, 5) is 11.6. The van der Waals surface area contributed by atoms with Crippen molar-refractivity contribution < 1.29 is 9.90 Å². The van der Waals surface area contributed by atoms with Crippen LogP contribution in [0.25, 0.3) is 0 Å². The van der Waals surface area contributed by atoms with Crippen LogP contribution < -0.4 is 10.6 Å². The molecule has 0 aliphatic heterocycles. The summed E-state index contributed by atoms with van der Waals surface area (Å²) in [6.07, 6.45) is 2.14. The molecule has 0 heterocycles. The first-order chi connectivity index (χ1) is 9.15. The number of amides is 1. The first-order valence-electron chi connectivity index (χ1n) is 6.89. The van der Waals surface area contributed by atoms with Gasteiger partial charge in [0, 0.05) is 6.54 Å². The zero-order valence-electron chi connectivity index (χ0n) is 11.4. The van der Waals surface area contributed by atoms with Crippen LogP contribution in [0.15, 0.2) is 24.3 Å². The van der Waals surface area contributed by atoms with Gasteiger partial charge >= 0.3 is 0 Å². The predicted molar refractivity (Wildman–Crippen MR) is 74.5 cm³/mol. The molecule has 2 rings (SSSR count). The van der Waals surface area contributed by atoms with Crippen LogP contribution in [-0.2, 0) is 11.3 Å². The van der Waals surface area contributed by atoms with Crippen molar-refractivity contribution in [3.8, 4) is 0 Å². The van der Waals surface area contributed by atoms with E-state index in [9.17, 15) is 9.90 Å². The Labute approximate surface area is 114 Å². The van der Waals surface area contributed by atoms with Crippen LogP contribution in [0, 0.1) is 5.92 Å². The fourth-order valence-electron chi connectivity index (χ4n) is 1.89. The number of aliphatic hydroxyl groups is 1. The van der Waals surface area contributed by atoms with Crippen LogP contribution >= 0.6 is 0 Å². The number of hydrogen-bond donors (Lipinski definition) is 3. The summed E-state index contributed by atoms with van der Waals surface area (Å²) < 4.78 is 0. The summed E-state index contributed by atoms with van der Waals surface area (Å²) in [5, 5.41) is 15.4. The van der Waals surface area contributed by atoms with Gasteiger partial charge in [-0.25, -0.2) is 0 Å². The van der Waals surface area contributed by atoms with E-state index in [-0.39, 0.29) is 5.91 Å². The summed E-state index contributed by atoms with van der Waals surface area (Å²) in [5.41, 5.74) is 1.93. The second-order valence-corrected chi connectivity index (χ2v) is 5.27. The first kappa shape index (κ1) is 14.0. The van der Waals surface area contributed by atoms with Gasteiger partial charge in [0.2, 0.25) is 5.91 Å². The van der Waals surface area contributed by atoms with E-state index in [0.717, 1.165) is 23.6 Å². The summed E-state index contributed by atoms with van der Waals surface area (Å²) in [5.74, 6) is 0.820. The van der Waals surface area contributed by atoms with Crippen molar-refractivity contribution in [3.63, 3.8) is 0 Å². The third-order valence-electron chi connectivity index (χ3n) is 3.37. The van der Waals surface area contributed by atoms with Crippen LogP contribution in [0.4, 0.5) is 0 Å². The average Bonchev–Trinajstić information content (AvgIpc) is 3.21. The van der Waals surface area contributed by atoms with E-state index in [0.29, 0.717) is 13.1 Å². The molecule has 1 saturated carbocycles. The molecule has 1 amide bonds. The molecule has 0 radical (unpaired) electrons. The highest BCUT2D eigenvalue weighted by atomic mass is 16.3. The molecule has 1 aromatic carbocycles. The van der Waals surface area contributed by atoms with Gasteiger partial charge < -0.3 is 15.7 Å². The maximum absolute atomic E-state index is 11.6. The lowest BCUT2D eigenvalue weighted by Crippen LogP contribution is -2.34. The van der Waals surface area contributed by atoms with Crippen LogP contribution in [0.3, 0.4) is 0 Å². The highest BCUT2D eigenvalue weighted by molar-refractivity contribution is 5.77. The van der Waals surface area contributed by atoms with E-state index in [2.05, 4.69) is 10.6 Å². The lowest BCUT2D eigenvalue weighted by molar-refractivity contribution is -0.120. The van der Waals surface area contributed by atoms with Crippen molar-refractivity contribution in [2.75, 3.05) is 13.1 Å². The Bertz CT molecular complexity index is 411.